The largest absolute Gasteiger partial charge is 0.480 e. The lowest BCUT2D eigenvalue weighted by Crippen LogP contribution is -2.42. The quantitative estimate of drug-likeness (QED) is 0.611. The van der Waals surface area contributed by atoms with Gasteiger partial charge in [0.05, 0.1) is 12.1 Å². The van der Waals surface area contributed by atoms with Crippen molar-refractivity contribution in [2.75, 3.05) is 13.1 Å². The summed E-state index contributed by atoms with van der Waals surface area (Å²) in [6.07, 6.45) is 7.24. The van der Waals surface area contributed by atoms with Gasteiger partial charge in [-0.15, -0.1) is 6.42 Å². The van der Waals surface area contributed by atoms with E-state index in [2.05, 4.69) is 5.92 Å². The number of carboxylic acids is 1. The molecule has 0 saturated carbocycles. The minimum atomic E-state index is -0.807. The molecule has 1 fully saturated rings. The summed E-state index contributed by atoms with van der Waals surface area (Å²) in [5.74, 6) is 1.85. The normalized spacial score (nSPS) is 30.0. The van der Waals surface area contributed by atoms with E-state index in [1.165, 1.54) is 0 Å². The van der Waals surface area contributed by atoms with E-state index in [-0.39, 0.29) is 12.1 Å². The van der Waals surface area contributed by atoms with Crippen molar-refractivity contribution in [2.45, 2.75) is 25.3 Å². The Kier molecular flexibility index (Phi) is 2.39. The molecule has 0 aromatic heterocycles. The van der Waals surface area contributed by atoms with E-state index >= 15 is 0 Å². The van der Waals surface area contributed by atoms with Crippen molar-refractivity contribution >= 4 is 5.97 Å². The molecule has 0 amide bonds. The van der Waals surface area contributed by atoms with Crippen molar-refractivity contribution in [1.29, 1.82) is 0 Å². The van der Waals surface area contributed by atoms with Crippen LogP contribution in [0.3, 0.4) is 0 Å². The molecule has 1 rings (SSSR count). The van der Waals surface area contributed by atoms with Crippen LogP contribution in [-0.2, 0) is 4.79 Å². The van der Waals surface area contributed by atoms with Gasteiger partial charge in [-0.2, -0.15) is 0 Å². The summed E-state index contributed by atoms with van der Waals surface area (Å²) in [5, 5.41) is 8.59. The first-order valence-corrected chi connectivity index (χ1v) is 4.03. The number of carbonyl (C=O) groups is 1. The maximum absolute atomic E-state index is 10.4. The fraction of sp³-hybridized carbons (Fsp3) is 0.667. The molecular weight excluding hydrogens is 154 g/mol. The zero-order valence-electron chi connectivity index (χ0n) is 7.21. The van der Waals surface area contributed by atoms with E-state index in [0.717, 1.165) is 19.4 Å². The number of nitrogens with zero attached hydrogens (tertiary/aromatic N) is 1. The highest BCUT2D eigenvalue weighted by Crippen LogP contribution is 2.27. The van der Waals surface area contributed by atoms with E-state index in [4.69, 9.17) is 11.5 Å². The molecule has 12 heavy (non-hydrogen) atoms. The van der Waals surface area contributed by atoms with Crippen molar-refractivity contribution in [1.82, 2.24) is 4.90 Å². The molecule has 1 aliphatic heterocycles. The highest BCUT2D eigenvalue weighted by Gasteiger charge is 2.35. The van der Waals surface area contributed by atoms with Gasteiger partial charge in [-0.3, -0.25) is 9.69 Å². The second kappa shape index (κ2) is 3.16. The average Bonchev–Trinajstić information content (AvgIpc) is 2.33. The van der Waals surface area contributed by atoms with Crippen molar-refractivity contribution in [3.63, 3.8) is 0 Å². The molecule has 0 spiro atoms. The lowest BCUT2D eigenvalue weighted by molar-refractivity contribution is -0.138. The number of aliphatic carboxylic acids is 1. The Morgan fingerprint density at radius 1 is 1.83 bits per heavy atom. The zero-order chi connectivity index (χ0) is 9.19. The van der Waals surface area contributed by atoms with E-state index in [1.54, 1.807) is 0 Å². The molecule has 1 N–H and O–H groups in total. The van der Waals surface area contributed by atoms with Gasteiger partial charge >= 0.3 is 5.97 Å². The molecule has 1 aliphatic rings. The summed E-state index contributed by atoms with van der Waals surface area (Å²) in [4.78, 5) is 12.3. The van der Waals surface area contributed by atoms with Crippen LogP contribution in [-0.4, -0.2) is 34.6 Å². The smallest absolute Gasteiger partial charge is 0.317 e. The first kappa shape index (κ1) is 9.08. The van der Waals surface area contributed by atoms with Crippen LogP contribution in [0.25, 0.3) is 0 Å². The number of rotatable bonds is 2. The SMILES string of the molecule is C#C[C@@]1(C)CCCN1CC(=O)O. The third kappa shape index (κ3) is 1.59. The third-order valence-corrected chi connectivity index (χ3v) is 2.43. The van der Waals surface area contributed by atoms with Crippen LogP contribution in [0.5, 0.6) is 0 Å². The lowest BCUT2D eigenvalue weighted by Gasteiger charge is -2.28. The van der Waals surface area contributed by atoms with Crippen LogP contribution in [0.2, 0.25) is 0 Å². The number of likely N-dealkylation sites (tertiary alicyclic amines) is 1. The summed E-state index contributed by atoms with van der Waals surface area (Å²) >= 11 is 0. The molecular formula is C9H13NO2. The topological polar surface area (TPSA) is 40.5 Å². The van der Waals surface area contributed by atoms with Gasteiger partial charge in [0.1, 0.15) is 0 Å². The Hall–Kier alpha value is -1.01. The second-order valence-electron chi connectivity index (χ2n) is 3.34. The van der Waals surface area contributed by atoms with Crippen LogP contribution in [0.15, 0.2) is 0 Å². The highest BCUT2D eigenvalue weighted by molar-refractivity contribution is 5.69. The Bertz CT molecular complexity index is 231. The maximum atomic E-state index is 10.4. The van der Waals surface area contributed by atoms with Crippen molar-refractivity contribution in [2.24, 2.45) is 0 Å². The van der Waals surface area contributed by atoms with Gasteiger partial charge < -0.3 is 5.11 Å². The molecule has 66 valence electrons. The molecule has 3 heteroatoms. The lowest BCUT2D eigenvalue weighted by atomic mass is 10.0. The fourth-order valence-electron chi connectivity index (χ4n) is 1.60. The van der Waals surface area contributed by atoms with E-state index in [9.17, 15) is 4.79 Å². The summed E-state index contributed by atoms with van der Waals surface area (Å²) in [7, 11) is 0. The van der Waals surface area contributed by atoms with Crippen LogP contribution >= 0.6 is 0 Å². The number of carboxylic acid groups (broad SMARTS) is 1. The monoisotopic (exact) mass is 167 g/mol. The molecule has 0 bridgehead atoms. The van der Waals surface area contributed by atoms with Crippen LogP contribution in [0.1, 0.15) is 19.8 Å². The van der Waals surface area contributed by atoms with E-state index in [1.807, 2.05) is 11.8 Å². The van der Waals surface area contributed by atoms with Gasteiger partial charge in [0.25, 0.3) is 0 Å². The molecule has 0 radical (unpaired) electrons. The van der Waals surface area contributed by atoms with Gasteiger partial charge in [-0.05, 0) is 19.8 Å². The zero-order valence-corrected chi connectivity index (χ0v) is 7.21. The summed E-state index contributed by atoms with van der Waals surface area (Å²) in [6, 6.07) is 0. The Morgan fingerprint density at radius 3 is 3.00 bits per heavy atom. The third-order valence-electron chi connectivity index (χ3n) is 2.43. The molecule has 1 heterocycles. The average molecular weight is 167 g/mol. The van der Waals surface area contributed by atoms with Crippen molar-refractivity contribution < 1.29 is 9.90 Å². The van der Waals surface area contributed by atoms with Crippen molar-refractivity contribution in [3.8, 4) is 12.3 Å². The minimum Gasteiger partial charge on any atom is -0.480 e. The van der Waals surface area contributed by atoms with E-state index in [0.29, 0.717) is 0 Å². The first-order chi connectivity index (χ1) is 5.58. The van der Waals surface area contributed by atoms with Gasteiger partial charge in [-0.25, -0.2) is 0 Å². The Balaban J connectivity index is 2.65. The predicted molar refractivity (Wildman–Crippen MR) is 45.7 cm³/mol. The molecule has 0 unspecified atom stereocenters. The maximum Gasteiger partial charge on any atom is 0.317 e. The molecule has 0 aliphatic carbocycles. The van der Waals surface area contributed by atoms with Crippen LogP contribution in [0.4, 0.5) is 0 Å². The van der Waals surface area contributed by atoms with Gasteiger partial charge in [0, 0.05) is 6.54 Å². The number of hydrogen-bond donors (Lipinski definition) is 1. The van der Waals surface area contributed by atoms with Gasteiger partial charge in [-0.1, -0.05) is 5.92 Å². The fourth-order valence-corrected chi connectivity index (χ4v) is 1.60. The Morgan fingerprint density at radius 2 is 2.50 bits per heavy atom. The molecule has 0 aromatic carbocycles. The summed E-state index contributed by atoms with van der Waals surface area (Å²) in [5.41, 5.74) is -0.335. The first-order valence-electron chi connectivity index (χ1n) is 4.03. The number of terminal acetylenes is 1. The number of hydrogen-bond acceptors (Lipinski definition) is 2. The molecule has 3 nitrogen and oxygen atoms in total. The molecule has 0 aromatic rings. The summed E-state index contributed by atoms with van der Waals surface area (Å²) in [6.45, 7) is 2.77. The van der Waals surface area contributed by atoms with Gasteiger partial charge in [0.15, 0.2) is 0 Å². The predicted octanol–water partition coefficient (Wildman–Crippen LogP) is 0.559. The highest BCUT2D eigenvalue weighted by atomic mass is 16.4. The molecule has 1 atom stereocenters. The van der Waals surface area contributed by atoms with Crippen LogP contribution in [0, 0.1) is 12.3 Å². The Labute approximate surface area is 72.4 Å². The van der Waals surface area contributed by atoms with Gasteiger partial charge in [0.2, 0.25) is 0 Å². The van der Waals surface area contributed by atoms with Crippen LogP contribution < -0.4 is 0 Å². The van der Waals surface area contributed by atoms with Crippen molar-refractivity contribution in [3.05, 3.63) is 0 Å². The van der Waals surface area contributed by atoms with E-state index < -0.39 is 5.97 Å². The molecule has 1 saturated heterocycles. The minimum absolute atomic E-state index is 0.0562. The standard InChI is InChI=1S/C9H13NO2/c1-3-9(2)5-4-6-10(9)7-8(11)12/h1H,4-7H2,2H3,(H,11,12)/t9-/m0/s1. The summed E-state index contributed by atoms with van der Waals surface area (Å²) < 4.78 is 0. The second-order valence-corrected chi connectivity index (χ2v) is 3.34.